The van der Waals surface area contributed by atoms with Crippen LogP contribution in [0, 0.1) is 5.92 Å². The molecular weight excluding hydrogens is 336 g/mol. The molecule has 3 rings (SSSR count). The Balaban J connectivity index is 1.41. The molecule has 0 aliphatic carbocycles. The number of piperidine rings is 1. The number of hydrogen-bond acceptors (Lipinski definition) is 3. The third kappa shape index (κ3) is 6.40. The number of rotatable bonds is 8. The lowest BCUT2D eigenvalue weighted by Crippen LogP contribution is -2.38. The molecule has 27 heavy (non-hydrogen) atoms. The zero-order valence-corrected chi connectivity index (χ0v) is 16.2. The SMILES string of the molecule is CC(CNC(=O)c1ccc(COc2ccccc2)cc1)CN1CCCCC1. The summed E-state index contributed by atoms with van der Waals surface area (Å²) in [6.45, 7) is 6.89. The molecule has 1 amide bonds. The second-order valence-corrected chi connectivity index (χ2v) is 7.48. The normalized spacial score (nSPS) is 15.9. The van der Waals surface area contributed by atoms with Crippen LogP contribution in [0.2, 0.25) is 0 Å². The summed E-state index contributed by atoms with van der Waals surface area (Å²) >= 11 is 0. The van der Waals surface area contributed by atoms with Crippen molar-refractivity contribution in [3.05, 3.63) is 65.7 Å². The predicted molar refractivity (Wildman–Crippen MR) is 109 cm³/mol. The first-order valence-electron chi connectivity index (χ1n) is 9.98. The van der Waals surface area contributed by atoms with Gasteiger partial charge in [0.25, 0.3) is 5.91 Å². The molecule has 1 aliphatic rings. The fourth-order valence-corrected chi connectivity index (χ4v) is 3.45. The van der Waals surface area contributed by atoms with E-state index < -0.39 is 0 Å². The van der Waals surface area contributed by atoms with Crippen molar-refractivity contribution in [3.8, 4) is 5.75 Å². The van der Waals surface area contributed by atoms with Gasteiger partial charge in [-0.3, -0.25) is 4.79 Å². The van der Waals surface area contributed by atoms with Gasteiger partial charge in [0.15, 0.2) is 0 Å². The molecule has 1 heterocycles. The molecule has 144 valence electrons. The highest BCUT2D eigenvalue weighted by atomic mass is 16.5. The highest BCUT2D eigenvalue weighted by Gasteiger charge is 2.14. The summed E-state index contributed by atoms with van der Waals surface area (Å²) < 4.78 is 5.74. The number of nitrogens with zero attached hydrogens (tertiary/aromatic N) is 1. The van der Waals surface area contributed by atoms with Crippen molar-refractivity contribution < 1.29 is 9.53 Å². The van der Waals surface area contributed by atoms with E-state index in [1.165, 1.54) is 32.4 Å². The Labute approximate surface area is 162 Å². The molecule has 2 aromatic rings. The van der Waals surface area contributed by atoms with E-state index >= 15 is 0 Å². The average Bonchev–Trinajstić information content (AvgIpc) is 2.72. The lowest BCUT2D eigenvalue weighted by molar-refractivity contribution is 0.0942. The molecule has 1 aliphatic heterocycles. The Kier molecular flexibility index (Phi) is 7.28. The van der Waals surface area contributed by atoms with Crippen LogP contribution in [0.1, 0.15) is 42.1 Å². The lowest BCUT2D eigenvalue weighted by Gasteiger charge is -2.29. The van der Waals surface area contributed by atoms with Gasteiger partial charge in [-0.25, -0.2) is 0 Å². The van der Waals surface area contributed by atoms with Gasteiger partial charge in [0.1, 0.15) is 12.4 Å². The summed E-state index contributed by atoms with van der Waals surface area (Å²) in [5, 5.41) is 3.07. The summed E-state index contributed by atoms with van der Waals surface area (Å²) in [7, 11) is 0. The zero-order valence-electron chi connectivity index (χ0n) is 16.2. The summed E-state index contributed by atoms with van der Waals surface area (Å²) in [4.78, 5) is 14.9. The lowest BCUT2D eigenvalue weighted by atomic mass is 10.1. The van der Waals surface area contributed by atoms with Crippen molar-refractivity contribution in [2.75, 3.05) is 26.2 Å². The Morgan fingerprint density at radius 2 is 1.74 bits per heavy atom. The minimum absolute atomic E-state index is 0.00368. The highest BCUT2D eigenvalue weighted by molar-refractivity contribution is 5.94. The molecule has 4 heteroatoms. The van der Waals surface area contributed by atoms with E-state index in [1.54, 1.807) is 0 Å². The fraction of sp³-hybridized carbons (Fsp3) is 0.435. The summed E-state index contributed by atoms with van der Waals surface area (Å²) in [5.74, 6) is 1.31. The second kappa shape index (κ2) is 10.1. The van der Waals surface area contributed by atoms with E-state index in [1.807, 2.05) is 54.6 Å². The first kappa shape index (κ1) is 19.4. The minimum atomic E-state index is -0.00368. The van der Waals surface area contributed by atoms with E-state index in [4.69, 9.17) is 4.74 Å². The molecule has 1 fully saturated rings. The number of ether oxygens (including phenoxy) is 1. The Morgan fingerprint density at radius 1 is 1.04 bits per heavy atom. The van der Waals surface area contributed by atoms with E-state index in [0.717, 1.165) is 17.9 Å². The average molecular weight is 367 g/mol. The fourth-order valence-electron chi connectivity index (χ4n) is 3.45. The van der Waals surface area contributed by atoms with Crippen molar-refractivity contribution in [2.24, 2.45) is 5.92 Å². The molecule has 2 aromatic carbocycles. The zero-order chi connectivity index (χ0) is 18.9. The number of nitrogens with one attached hydrogen (secondary N) is 1. The van der Waals surface area contributed by atoms with Gasteiger partial charge in [-0.05, 0) is 61.7 Å². The number of carbonyl (C=O) groups is 1. The van der Waals surface area contributed by atoms with Crippen LogP contribution in [-0.4, -0.2) is 37.0 Å². The molecule has 0 saturated carbocycles. The maximum Gasteiger partial charge on any atom is 0.251 e. The molecular formula is C23H30N2O2. The maximum atomic E-state index is 12.4. The van der Waals surface area contributed by atoms with E-state index in [-0.39, 0.29) is 5.91 Å². The first-order valence-corrected chi connectivity index (χ1v) is 9.98. The van der Waals surface area contributed by atoms with E-state index in [0.29, 0.717) is 24.6 Å². The Bertz CT molecular complexity index is 694. The van der Waals surface area contributed by atoms with E-state index in [9.17, 15) is 4.79 Å². The number of benzene rings is 2. The topological polar surface area (TPSA) is 41.6 Å². The molecule has 0 radical (unpaired) electrons. The number of likely N-dealkylation sites (tertiary alicyclic amines) is 1. The molecule has 4 nitrogen and oxygen atoms in total. The summed E-state index contributed by atoms with van der Waals surface area (Å²) in [5.41, 5.74) is 1.75. The van der Waals surface area contributed by atoms with Crippen molar-refractivity contribution in [3.63, 3.8) is 0 Å². The molecule has 0 bridgehead atoms. The van der Waals surface area contributed by atoms with Crippen molar-refractivity contribution in [2.45, 2.75) is 32.8 Å². The van der Waals surface area contributed by atoms with Crippen LogP contribution in [0.25, 0.3) is 0 Å². The quantitative estimate of drug-likeness (QED) is 0.764. The van der Waals surface area contributed by atoms with Crippen LogP contribution in [0.3, 0.4) is 0 Å². The molecule has 1 atom stereocenters. The molecule has 0 spiro atoms. The Hall–Kier alpha value is -2.33. The molecule has 1 saturated heterocycles. The molecule has 0 aromatic heterocycles. The second-order valence-electron chi connectivity index (χ2n) is 7.48. The van der Waals surface area contributed by atoms with Gasteiger partial charge in [0.05, 0.1) is 0 Å². The van der Waals surface area contributed by atoms with Gasteiger partial charge >= 0.3 is 0 Å². The monoisotopic (exact) mass is 366 g/mol. The van der Waals surface area contributed by atoms with E-state index in [2.05, 4.69) is 17.1 Å². The third-order valence-corrected chi connectivity index (χ3v) is 4.99. The van der Waals surface area contributed by atoms with Crippen LogP contribution in [0.15, 0.2) is 54.6 Å². The molecule has 1 unspecified atom stereocenters. The van der Waals surface area contributed by atoms with Crippen molar-refractivity contribution >= 4 is 5.91 Å². The van der Waals surface area contributed by atoms with Gasteiger partial charge in [0, 0.05) is 18.7 Å². The maximum absolute atomic E-state index is 12.4. The van der Waals surface area contributed by atoms with Gasteiger partial charge in [-0.15, -0.1) is 0 Å². The highest BCUT2D eigenvalue weighted by Crippen LogP contribution is 2.13. The number of amides is 1. The van der Waals surface area contributed by atoms with Gasteiger partial charge in [-0.1, -0.05) is 43.7 Å². The largest absolute Gasteiger partial charge is 0.489 e. The van der Waals surface area contributed by atoms with Gasteiger partial charge in [-0.2, -0.15) is 0 Å². The summed E-state index contributed by atoms with van der Waals surface area (Å²) in [6, 6.07) is 17.4. The van der Waals surface area contributed by atoms with Crippen molar-refractivity contribution in [1.82, 2.24) is 10.2 Å². The third-order valence-electron chi connectivity index (χ3n) is 4.99. The van der Waals surface area contributed by atoms with Crippen LogP contribution < -0.4 is 10.1 Å². The van der Waals surface area contributed by atoms with Gasteiger partial charge in [0.2, 0.25) is 0 Å². The van der Waals surface area contributed by atoms with Crippen LogP contribution in [-0.2, 0) is 6.61 Å². The van der Waals surface area contributed by atoms with Gasteiger partial charge < -0.3 is 15.0 Å². The minimum Gasteiger partial charge on any atom is -0.489 e. The number of carbonyl (C=O) groups excluding carboxylic acids is 1. The first-order chi connectivity index (χ1) is 13.2. The molecule has 1 N–H and O–H groups in total. The standard InChI is InChI=1S/C23H30N2O2/c1-19(17-25-14-6-3-7-15-25)16-24-23(26)21-12-10-20(11-13-21)18-27-22-8-4-2-5-9-22/h2,4-5,8-13,19H,3,6-7,14-18H2,1H3,(H,24,26). The summed E-state index contributed by atoms with van der Waals surface area (Å²) in [6.07, 6.45) is 3.97. The number of hydrogen-bond donors (Lipinski definition) is 1. The smallest absolute Gasteiger partial charge is 0.251 e. The van der Waals surface area contributed by atoms with Crippen LogP contribution in [0.4, 0.5) is 0 Å². The Morgan fingerprint density at radius 3 is 2.44 bits per heavy atom. The van der Waals surface area contributed by atoms with Crippen LogP contribution in [0.5, 0.6) is 5.75 Å². The van der Waals surface area contributed by atoms with Crippen molar-refractivity contribution in [1.29, 1.82) is 0 Å². The predicted octanol–water partition coefficient (Wildman–Crippen LogP) is 4.12. The van der Waals surface area contributed by atoms with Crippen LogP contribution >= 0.6 is 0 Å². The number of para-hydroxylation sites is 1.